The lowest BCUT2D eigenvalue weighted by molar-refractivity contribution is -0.125. The van der Waals surface area contributed by atoms with Crippen LogP contribution in [0, 0.1) is 0 Å². The molecule has 1 aromatic heterocycles. The predicted octanol–water partition coefficient (Wildman–Crippen LogP) is -1.54. The molecule has 0 atom stereocenters. The first-order valence-electron chi connectivity index (χ1n) is 3.35. The first-order chi connectivity index (χ1) is 6.27. The Morgan fingerprint density at radius 1 is 1.46 bits per heavy atom. The van der Waals surface area contributed by atoms with Crippen molar-refractivity contribution in [1.82, 2.24) is 15.6 Å². The van der Waals surface area contributed by atoms with Crippen molar-refractivity contribution >= 4 is 17.6 Å². The molecule has 68 valence electrons. The van der Waals surface area contributed by atoms with Gasteiger partial charge in [-0.25, -0.2) is 4.63 Å². The lowest BCUT2D eigenvalue weighted by Gasteiger charge is -2.09. The summed E-state index contributed by atoms with van der Waals surface area (Å²) in [5.74, 6) is -0.174. The van der Waals surface area contributed by atoms with Crippen molar-refractivity contribution in [3.8, 4) is 0 Å². The number of rotatable bonds is 1. The second-order valence-corrected chi connectivity index (χ2v) is 2.26. The van der Waals surface area contributed by atoms with Crippen molar-refractivity contribution in [1.29, 1.82) is 0 Å². The molecule has 1 aliphatic heterocycles. The monoisotopic (exact) mass is 183 g/mol. The van der Waals surface area contributed by atoms with E-state index in [1.807, 2.05) is 0 Å². The Morgan fingerprint density at radius 2 is 2.31 bits per heavy atom. The highest BCUT2D eigenvalue weighted by atomic mass is 16.6. The van der Waals surface area contributed by atoms with Crippen molar-refractivity contribution < 1.29 is 14.3 Å². The highest BCUT2D eigenvalue weighted by molar-refractivity contribution is 6.09. The highest BCUT2D eigenvalue weighted by Gasteiger charge is 2.20. The van der Waals surface area contributed by atoms with Gasteiger partial charge in [-0.3, -0.25) is 4.79 Å². The van der Waals surface area contributed by atoms with Crippen LogP contribution >= 0.6 is 0 Å². The molecular weight excluding hydrogens is 178 g/mol. The van der Waals surface area contributed by atoms with Gasteiger partial charge in [0, 0.05) is 0 Å². The minimum absolute atomic E-state index is 0.0459. The van der Waals surface area contributed by atoms with E-state index in [4.69, 9.17) is 5.73 Å². The second kappa shape index (κ2) is 2.73. The predicted molar refractivity (Wildman–Crippen MR) is 39.3 cm³/mol. The molecule has 0 bridgehead atoms. The van der Waals surface area contributed by atoms with E-state index in [-0.39, 0.29) is 29.9 Å². The zero-order valence-corrected chi connectivity index (χ0v) is 6.35. The Balaban J connectivity index is 2.31. The number of carbonyl (C=O) groups is 1. The number of carbonyl (C=O) groups excluding carboxylic acids is 1. The van der Waals surface area contributed by atoms with Gasteiger partial charge in [0.2, 0.25) is 5.84 Å². The summed E-state index contributed by atoms with van der Waals surface area (Å²) in [7, 11) is 0. The lowest BCUT2D eigenvalue weighted by atomic mass is 10.4. The van der Waals surface area contributed by atoms with E-state index in [1.54, 1.807) is 0 Å². The Labute approximate surface area is 71.7 Å². The van der Waals surface area contributed by atoms with Gasteiger partial charge in [-0.2, -0.15) is 0 Å². The van der Waals surface area contributed by atoms with Crippen LogP contribution in [-0.2, 0) is 9.63 Å². The van der Waals surface area contributed by atoms with Gasteiger partial charge < -0.3 is 15.9 Å². The topological polar surface area (TPSA) is 116 Å². The first-order valence-corrected chi connectivity index (χ1v) is 3.35. The molecule has 13 heavy (non-hydrogen) atoms. The molecule has 8 nitrogen and oxygen atoms in total. The number of aromatic nitrogens is 2. The normalized spacial score (nSPS) is 16.0. The van der Waals surface area contributed by atoms with Crippen LogP contribution in [0.3, 0.4) is 0 Å². The summed E-state index contributed by atoms with van der Waals surface area (Å²) < 4.78 is 4.32. The zero-order valence-electron chi connectivity index (χ0n) is 6.35. The third-order valence-corrected chi connectivity index (χ3v) is 1.35. The molecular formula is C5H5N5O3. The van der Waals surface area contributed by atoms with Crippen LogP contribution in [-0.4, -0.2) is 28.7 Å². The van der Waals surface area contributed by atoms with Crippen LogP contribution in [0.4, 0.5) is 5.82 Å². The van der Waals surface area contributed by atoms with E-state index in [1.165, 1.54) is 0 Å². The van der Waals surface area contributed by atoms with Gasteiger partial charge >= 0.3 is 0 Å². The number of nitrogens with one attached hydrogen (secondary N) is 1. The van der Waals surface area contributed by atoms with Gasteiger partial charge in [0.1, 0.15) is 0 Å². The third kappa shape index (κ3) is 1.28. The number of nitrogens with two attached hydrogens (primary N) is 1. The van der Waals surface area contributed by atoms with Crippen LogP contribution in [0.25, 0.3) is 0 Å². The molecule has 1 aliphatic rings. The Morgan fingerprint density at radius 3 is 2.92 bits per heavy atom. The van der Waals surface area contributed by atoms with Gasteiger partial charge in [-0.15, -0.1) is 0 Å². The van der Waals surface area contributed by atoms with Crippen molar-refractivity contribution in [3.05, 3.63) is 5.69 Å². The second-order valence-electron chi connectivity index (χ2n) is 2.26. The fraction of sp³-hybridized carbons (Fsp3) is 0.200. The Kier molecular flexibility index (Phi) is 1.58. The van der Waals surface area contributed by atoms with Crippen LogP contribution in [0.15, 0.2) is 9.78 Å². The molecule has 0 spiro atoms. The molecule has 0 saturated heterocycles. The van der Waals surface area contributed by atoms with Crippen LogP contribution in [0.2, 0.25) is 0 Å². The van der Waals surface area contributed by atoms with Gasteiger partial charge in [-0.05, 0) is 10.3 Å². The smallest absolute Gasteiger partial charge is 0.266 e. The maximum Gasteiger partial charge on any atom is 0.266 e. The molecule has 3 N–H and O–H groups in total. The number of anilines is 1. The van der Waals surface area contributed by atoms with E-state index >= 15 is 0 Å². The summed E-state index contributed by atoms with van der Waals surface area (Å²) in [5, 5.41) is 12.7. The molecule has 0 radical (unpaired) electrons. The summed E-state index contributed by atoms with van der Waals surface area (Å²) in [6.45, 7) is -0.116. The molecule has 2 heterocycles. The maximum absolute atomic E-state index is 10.8. The summed E-state index contributed by atoms with van der Waals surface area (Å²) >= 11 is 0. The molecule has 8 heteroatoms. The third-order valence-electron chi connectivity index (χ3n) is 1.35. The number of nitrogen functional groups attached to an aromatic ring is 1. The van der Waals surface area contributed by atoms with Crippen molar-refractivity contribution in [2.45, 2.75) is 0 Å². The highest BCUT2D eigenvalue weighted by Crippen LogP contribution is 2.06. The molecule has 0 aliphatic carbocycles. The van der Waals surface area contributed by atoms with E-state index in [9.17, 15) is 4.79 Å². The number of oxime groups is 1. The molecule has 1 aromatic rings. The van der Waals surface area contributed by atoms with Crippen LogP contribution in [0.5, 0.6) is 0 Å². The fourth-order valence-electron chi connectivity index (χ4n) is 0.809. The standard InChI is InChI=1S/C5H5N5O3/c6-4-3(8-13-9-4)5-7-2(11)1-12-10-5/h1H2,(H2,6,9)(H,7,10,11). The fourth-order valence-corrected chi connectivity index (χ4v) is 0.809. The molecule has 1 amide bonds. The van der Waals surface area contributed by atoms with Crippen LogP contribution in [0.1, 0.15) is 5.69 Å². The summed E-state index contributed by atoms with van der Waals surface area (Å²) in [6, 6.07) is 0. The number of hydrogen-bond donors (Lipinski definition) is 2. The van der Waals surface area contributed by atoms with Crippen molar-refractivity contribution in [2.75, 3.05) is 12.3 Å². The van der Waals surface area contributed by atoms with Gasteiger partial charge in [-0.1, -0.05) is 5.16 Å². The van der Waals surface area contributed by atoms with Gasteiger partial charge in [0.25, 0.3) is 5.91 Å². The number of amidine groups is 1. The minimum Gasteiger partial charge on any atom is -0.384 e. The summed E-state index contributed by atoms with van der Waals surface area (Å²) in [4.78, 5) is 15.4. The summed E-state index contributed by atoms with van der Waals surface area (Å²) in [6.07, 6.45) is 0. The van der Waals surface area contributed by atoms with E-state index in [2.05, 4.69) is 30.3 Å². The van der Waals surface area contributed by atoms with Crippen molar-refractivity contribution in [2.24, 2.45) is 5.16 Å². The van der Waals surface area contributed by atoms with Crippen LogP contribution < -0.4 is 11.1 Å². The number of hydrogen-bond acceptors (Lipinski definition) is 7. The number of nitrogens with zero attached hydrogens (tertiary/aromatic N) is 3. The number of amides is 1. The Bertz CT molecular complexity index is 370. The molecule has 2 rings (SSSR count). The molecule has 0 fully saturated rings. The Hall–Kier alpha value is -2.12. The average molecular weight is 183 g/mol. The molecule has 0 aromatic carbocycles. The van der Waals surface area contributed by atoms with E-state index in [0.717, 1.165) is 0 Å². The SMILES string of the molecule is Nc1nonc1C1=NOCC(=O)N1. The summed E-state index contributed by atoms with van der Waals surface area (Å²) in [5.41, 5.74) is 5.52. The largest absolute Gasteiger partial charge is 0.384 e. The van der Waals surface area contributed by atoms with E-state index in [0.29, 0.717) is 0 Å². The average Bonchev–Trinajstić information content (AvgIpc) is 2.51. The van der Waals surface area contributed by atoms with E-state index < -0.39 is 0 Å². The van der Waals surface area contributed by atoms with Crippen molar-refractivity contribution in [3.63, 3.8) is 0 Å². The lowest BCUT2D eigenvalue weighted by Crippen LogP contribution is -2.38. The first kappa shape index (κ1) is 7.53. The maximum atomic E-state index is 10.8. The minimum atomic E-state index is -0.326. The zero-order chi connectivity index (χ0) is 9.26. The molecule has 0 saturated carbocycles. The molecule has 0 unspecified atom stereocenters. The van der Waals surface area contributed by atoms with Gasteiger partial charge in [0.15, 0.2) is 18.1 Å². The van der Waals surface area contributed by atoms with Gasteiger partial charge in [0.05, 0.1) is 0 Å². The quantitative estimate of drug-likeness (QED) is 0.545.